The zero-order valence-corrected chi connectivity index (χ0v) is 10.1. The lowest BCUT2D eigenvalue weighted by molar-refractivity contribution is -0.119. The fourth-order valence-electron chi connectivity index (χ4n) is 2.15. The average molecular weight is 244 g/mol. The molecule has 0 saturated heterocycles. The van der Waals surface area contributed by atoms with E-state index in [1.165, 1.54) is 0 Å². The lowest BCUT2D eigenvalue weighted by atomic mass is 9.99. The Balaban J connectivity index is 2.10. The molecule has 1 unspecified atom stereocenters. The van der Waals surface area contributed by atoms with Gasteiger partial charge in [-0.05, 0) is 12.5 Å². The Kier molecular flexibility index (Phi) is 3.85. The third kappa shape index (κ3) is 2.63. The van der Waals surface area contributed by atoms with Crippen molar-refractivity contribution in [3.63, 3.8) is 0 Å². The van der Waals surface area contributed by atoms with Crippen LogP contribution < -0.4 is 10.2 Å². The fraction of sp³-hybridized carbons (Fsp3) is 0.357. The van der Waals surface area contributed by atoms with Crippen LogP contribution in [0.15, 0.2) is 24.3 Å². The number of hydrogen-bond acceptors (Lipinski definition) is 3. The number of rotatable bonds is 3. The van der Waals surface area contributed by atoms with Gasteiger partial charge in [0.05, 0.1) is 19.2 Å². The van der Waals surface area contributed by atoms with Crippen LogP contribution in [0.2, 0.25) is 0 Å². The van der Waals surface area contributed by atoms with Crippen molar-refractivity contribution in [1.29, 1.82) is 0 Å². The number of aliphatic hydroxyl groups excluding tert-OH is 1. The molecule has 1 atom stereocenters. The van der Waals surface area contributed by atoms with Gasteiger partial charge in [-0.15, -0.1) is 6.42 Å². The molecule has 0 bridgehead atoms. The second kappa shape index (κ2) is 5.56. The van der Waals surface area contributed by atoms with Crippen LogP contribution in [0.3, 0.4) is 0 Å². The number of amides is 1. The van der Waals surface area contributed by atoms with Gasteiger partial charge >= 0.3 is 0 Å². The maximum absolute atomic E-state index is 11.7. The van der Waals surface area contributed by atoms with E-state index in [-0.39, 0.29) is 19.0 Å². The summed E-state index contributed by atoms with van der Waals surface area (Å²) in [4.78, 5) is 13.6. The molecular formula is C14H16N2O2. The van der Waals surface area contributed by atoms with Crippen LogP contribution >= 0.6 is 0 Å². The lowest BCUT2D eigenvalue weighted by Crippen LogP contribution is -2.40. The number of hydrogen-bond donors (Lipinski definition) is 2. The number of aliphatic hydroxyl groups is 1. The van der Waals surface area contributed by atoms with Crippen molar-refractivity contribution < 1.29 is 9.90 Å². The number of nitrogens with one attached hydrogen (secondary N) is 1. The highest BCUT2D eigenvalue weighted by atomic mass is 16.3. The smallest absolute Gasteiger partial charge is 0.240 e. The van der Waals surface area contributed by atoms with Crippen molar-refractivity contribution in [2.45, 2.75) is 12.5 Å². The summed E-state index contributed by atoms with van der Waals surface area (Å²) in [5.74, 6) is 2.27. The summed E-state index contributed by atoms with van der Waals surface area (Å²) < 4.78 is 0. The van der Waals surface area contributed by atoms with Gasteiger partial charge in [0, 0.05) is 17.8 Å². The van der Waals surface area contributed by atoms with Gasteiger partial charge in [-0.3, -0.25) is 4.79 Å². The quantitative estimate of drug-likeness (QED) is 0.769. The first kappa shape index (κ1) is 12.5. The van der Waals surface area contributed by atoms with E-state index >= 15 is 0 Å². The van der Waals surface area contributed by atoms with E-state index in [0.29, 0.717) is 13.0 Å². The molecule has 0 spiro atoms. The maximum atomic E-state index is 11.7. The minimum atomic E-state index is -0.439. The van der Waals surface area contributed by atoms with E-state index in [1.807, 2.05) is 29.2 Å². The van der Waals surface area contributed by atoms with Gasteiger partial charge in [0.1, 0.15) is 0 Å². The Bertz CT molecular complexity index is 479. The van der Waals surface area contributed by atoms with E-state index in [4.69, 9.17) is 6.42 Å². The molecule has 94 valence electrons. The molecule has 4 nitrogen and oxygen atoms in total. The van der Waals surface area contributed by atoms with Crippen LogP contribution in [0.25, 0.3) is 0 Å². The fourth-order valence-corrected chi connectivity index (χ4v) is 2.15. The van der Waals surface area contributed by atoms with E-state index < -0.39 is 6.10 Å². The Hall–Kier alpha value is -1.99. The van der Waals surface area contributed by atoms with Crippen molar-refractivity contribution in [1.82, 2.24) is 5.32 Å². The molecule has 1 aliphatic heterocycles. The summed E-state index contributed by atoms with van der Waals surface area (Å²) in [6.07, 6.45) is 5.29. The van der Waals surface area contributed by atoms with Crippen LogP contribution in [-0.4, -0.2) is 30.6 Å². The predicted molar refractivity (Wildman–Crippen MR) is 70.1 cm³/mol. The monoisotopic (exact) mass is 244 g/mol. The Morgan fingerprint density at radius 1 is 1.56 bits per heavy atom. The van der Waals surface area contributed by atoms with Gasteiger partial charge in [0.2, 0.25) is 5.91 Å². The number of benzene rings is 1. The van der Waals surface area contributed by atoms with Gasteiger partial charge in [-0.1, -0.05) is 24.1 Å². The average Bonchev–Trinajstić information content (AvgIpc) is 2.40. The highest BCUT2D eigenvalue weighted by Crippen LogP contribution is 2.32. The van der Waals surface area contributed by atoms with Crippen LogP contribution in [0.5, 0.6) is 0 Å². The minimum absolute atomic E-state index is 0.0980. The van der Waals surface area contributed by atoms with Crippen molar-refractivity contribution >= 4 is 11.6 Å². The molecule has 0 saturated carbocycles. The zero-order chi connectivity index (χ0) is 13.0. The van der Waals surface area contributed by atoms with Gasteiger partial charge < -0.3 is 15.3 Å². The molecule has 0 aromatic heterocycles. The topological polar surface area (TPSA) is 52.6 Å². The lowest BCUT2D eigenvalue weighted by Gasteiger charge is -2.33. The summed E-state index contributed by atoms with van der Waals surface area (Å²) in [6, 6.07) is 7.62. The predicted octanol–water partition coefficient (Wildman–Crippen LogP) is 0.679. The Labute approximate surface area is 107 Å². The number of carbonyl (C=O) groups is 1. The standard InChI is InChI=1S/C14H16N2O2/c1-2-8-15-14(18)10-16-9-7-13(17)11-5-3-4-6-12(11)16/h1,3-6,13,17H,7-10H2,(H,15,18). The first-order valence-corrected chi connectivity index (χ1v) is 5.94. The molecule has 1 aromatic carbocycles. The number of anilines is 1. The molecule has 0 aliphatic carbocycles. The molecule has 0 radical (unpaired) electrons. The number of terminal acetylenes is 1. The molecular weight excluding hydrogens is 228 g/mol. The highest BCUT2D eigenvalue weighted by Gasteiger charge is 2.24. The molecule has 1 amide bonds. The molecule has 0 fully saturated rings. The van der Waals surface area contributed by atoms with Crippen molar-refractivity contribution in [2.24, 2.45) is 0 Å². The van der Waals surface area contributed by atoms with Gasteiger partial charge in [-0.2, -0.15) is 0 Å². The Morgan fingerprint density at radius 2 is 2.33 bits per heavy atom. The molecule has 1 aliphatic rings. The van der Waals surface area contributed by atoms with Crippen molar-refractivity contribution in [3.05, 3.63) is 29.8 Å². The van der Waals surface area contributed by atoms with Crippen LogP contribution in [0, 0.1) is 12.3 Å². The Morgan fingerprint density at radius 3 is 3.11 bits per heavy atom. The summed E-state index contributed by atoms with van der Waals surface area (Å²) in [5.41, 5.74) is 1.81. The molecule has 2 rings (SSSR count). The molecule has 1 aromatic rings. The maximum Gasteiger partial charge on any atom is 0.240 e. The van der Waals surface area contributed by atoms with Gasteiger partial charge in [0.15, 0.2) is 0 Å². The number of carbonyl (C=O) groups excluding carboxylic acids is 1. The first-order valence-electron chi connectivity index (χ1n) is 5.94. The first-order chi connectivity index (χ1) is 8.72. The van der Waals surface area contributed by atoms with E-state index in [2.05, 4.69) is 11.2 Å². The third-order valence-corrected chi connectivity index (χ3v) is 3.03. The van der Waals surface area contributed by atoms with Gasteiger partial charge in [-0.25, -0.2) is 0 Å². The van der Waals surface area contributed by atoms with E-state index in [1.54, 1.807) is 0 Å². The summed E-state index contributed by atoms with van der Waals surface area (Å²) in [5, 5.41) is 12.5. The number of fused-ring (bicyclic) bond motifs is 1. The van der Waals surface area contributed by atoms with Crippen LogP contribution in [0.1, 0.15) is 18.1 Å². The highest BCUT2D eigenvalue weighted by molar-refractivity contribution is 5.82. The van der Waals surface area contributed by atoms with Gasteiger partial charge in [0.25, 0.3) is 0 Å². The number of nitrogens with zero attached hydrogens (tertiary/aromatic N) is 1. The normalized spacial score (nSPS) is 17.8. The number of para-hydroxylation sites is 1. The molecule has 1 heterocycles. The summed E-state index contributed by atoms with van der Waals surface area (Å²) in [6.45, 7) is 1.18. The second-order valence-corrected chi connectivity index (χ2v) is 4.27. The van der Waals surface area contributed by atoms with Crippen LogP contribution in [-0.2, 0) is 4.79 Å². The molecule has 4 heteroatoms. The van der Waals surface area contributed by atoms with E-state index in [9.17, 15) is 9.90 Å². The summed E-state index contributed by atoms with van der Waals surface area (Å²) >= 11 is 0. The second-order valence-electron chi connectivity index (χ2n) is 4.27. The molecule has 18 heavy (non-hydrogen) atoms. The van der Waals surface area contributed by atoms with E-state index in [0.717, 1.165) is 11.3 Å². The van der Waals surface area contributed by atoms with Crippen molar-refractivity contribution in [2.75, 3.05) is 24.5 Å². The largest absolute Gasteiger partial charge is 0.388 e. The zero-order valence-electron chi connectivity index (χ0n) is 10.1. The third-order valence-electron chi connectivity index (χ3n) is 3.03. The van der Waals surface area contributed by atoms with Crippen LogP contribution in [0.4, 0.5) is 5.69 Å². The molecule has 2 N–H and O–H groups in total. The SMILES string of the molecule is C#CCNC(=O)CN1CCC(O)c2ccccc21. The minimum Gasteiger partial charge on any atom is -0.388 e. The van der Waals surface area contributed by atoms with Crippen molar-refractivity contribution in [3.8, 4) is 12.3 Å². The summed E-state index contributed by atoms with van der Waals surface area (Å²) in [7, 11) is 0.